The minimum atomic E-state index is -1.07. The van der Waals surface area contributed by atoms with Gasteiger partial charge in [-0.3, -0.25) is 14.9 Å². The molecule has 0 bridgehead atoms. The molecule has 7 heteroatoms. The summed E-state index contributed by atoms with van der Waals surface area (Å²) in [6, 6.07) is 1.24. The molecule has 0 unspecified atom stereocenters. The predicted molar refractivity (Wildman–Crippen MR) is 61.6 cm³/mol. The summed E-state index contributed by atoms with van der Waals surface area (Å²) < 4.78 is 0. The van der Waals surface area contributed by atoms with Gasteiger partial charge in [0.2, 0.25) is 5.91 Å². The minimum Gasteiger partial charge on any atom is -0.481 e. The molecule has 0 aliphatic rings. The lowest BCUT2D eigenvalue weighted by molar-refractivity contribution is -0.138. The molecule has 3 amide bonds. The maximum absolute atomic E-state index is 11.2. The molecule has 0 aliphatic carbocycles. The van der Waals surface area contributed by atoms with Gasteiger partial charge in [0.15, 0.2) is 0 Å². The van der Waals surface area contributed by atoms with E-state index < -0.39 is 17.9 Å². The lowest BCUT2D eigenvalue weighted by Crippen LogP contribution is -2.39. The minimum absolute atomic E-state index is 0.207. The van der Waals surface area contributed by atoms with Gasteiger partial charge in [0.25, 0.3) is 0 Å². The lowest BCUT2D eigenvalue weighted by atomic mass is 10.3. The van der Waals surface area contributed by atoms with Gasteiger partial charge in [0.05, 0.1) is 6.42 Å². The summed E-state index contributed by atoms with van der Waals surface area (Å²) in [5.41, 5.74) is 0.947. The molecule has 1 aromatic rings. The standard InChI is InChI=1S/C10H12N2O4S/c13-8(1-2-9(14)15)12-10(16)11-5-7-3-4-17-6-7/h3-4,6H,1-2,5H2,(H,14,15)(H2,11,12,13,16). The summed E-state index contributed by atoms with van der Waals surface area (Å²) in [6.07, 6.45) is -0.495. The topological polar surface area (TPSA) is 95.5 Å². The first-order valence-electron chi connectivity index (χ1n) is 4.88. The molecular weight excluding hydrogens is 244 g/mol. The fraction of sp³-hybridized carbons (Fsp3) is 0.300. The van der Waals surface area contributed by atoms with Crippen molar-refractivity contribution in [2.45, 2.75) is 19.4 Å². The van der Waals surface area contributed by atoms with Crippen LogP contribution in [0.1, 0.15) is 18.4 Å². The highest BCUT2D eigenvalue weighted by Gasteiger charge is 2.09. The van der Waals surface area contributed by atoms with Crippen molar-refractivity contribution >= 4 is 29.2 Å². The molecule has 0 aliphatic heterocycles. The Kier molecular flexibility index (Phi) is 5.15. The second kappa shape index (κ2) is 6.64. The number of urea groups is 1. The van der Waals surface area contributed by atoms with E-state index in [1.807, 2.05) is 22.1 Å². The van der Waals surface area contributed by atoms with Gasteiger partial charge in [0, 0.05) is 13.0 Å². The van der Waals surface area contributed by atoms with E-state index in [1.165, 1.54) is 11.3 Å². The van der Waals surface area contributed by atoms with Crippen molar-refractivity contribution < 1.29 is 19.5 Å². The quantitative estimate of drug-likeness (QED) is 0.730. The van der Waals surface area contributed by atoms with Gasteiger partial charge in [-0.25, -0.2) is 4.79 Å². The molecule has 0 fully saturated rings. The number of hydrogen-bond donors (Lipinski definition) is 3. The second-order valence-corrected chi connectivity index (χ2v) is 4.04. The van der Waals surface area contributed by atoms with Crippen LogP contribution in [-0.4, -0.2) is 23.0 Å². The summed E-state index contributed by atoms with van der Waals surface area (Å²) in [4.78, 5) is 32.5. The zero-order chi connectivity index (χ0) is 12.7. The molecule has 1 aromatic heterocycles. The number of carboxylic acid groups (broad SMARTS) is 1. The Morgan fingerprint density at radius 3 is 2.65 bits per heavy atom. The average Bonchev–Trinajstić information content (AvgIpc) is 2.76. The first-order chi connectivity index (χ1) is 8.08. The zero-order valence-corrected chi connectivity index (χ0v) is 9.75. The number of amides is 3. The van der Waals surface area contributed by atoms with Crippen molar-refractivity contribution in [3.8, 4) is 0 Å². The third-order valence-corrected chi connectivity index (χ3v) is 2.58. The van der Waals surface area contributed by atoms with Crippen LogP contribution in [-0.2, 0) is 16.1 Å². The maximum atomic E-state index is 11.2. The highest BCUT2D eigenvalue weighted by Crippen LogP contribution is 2.04. The molecule has 0 spiro atoms. The zero-order valence-electron chi connectivity index (χ0n) is 8.93. The summed E-state index contributed by atoms with van der Waals surface area (Å²) in [5.74, 6) is -1.67. The van der Waals surface area contributed by atoms with E-state index in [9.17, 15) is 14.4 Å². The first kappa shape index (κ1) is 13.2. The van der Waals surface area contributed by atoms with Gasteiger partial charge >= 0.3 is 12.0 Å². The third kappa shape index (κ3) is 5.67. The number of carboxylic acids is 1. The summed E-state index contributed by atoms with van der Waals surface area (Å²) >= 11 is 1.51. The van der Waals surface area contributed by atoms with Gasteiger partial charge in [-0.2, -0.15) is 11.3 Å². The number of imide groups is 1. The number of hydrogen-bond acceptors (Lipinski definition) is 4. The molecular formula is C10H12N2O4S. The number of carbonyl (C=O) groups excluding carboxylic acids is 2. The molecule has 6 nitrogen and oxygen atoms in total. The van der Waals surface area contributed by atoms with E-state index in [2.05, 4.69) is 5.32 Å². The van der Waals surface area contributed by atoms with Crippen molar-refractivity contribution in [1.82, 2.24) is 10.6 Å². The van der Waals surface area contributed by atoms with E-state index in [-0.39, 0.29) is 12.8 Å². The Balaban J connectivity index is 2.20. The van der Waals surface area contributed by atoms with Crippen LogP contribution in [0.3, 0.4) is 0 Å². The predicted octanol–water partition coefficient (Wildman–Crippen LogP) is 0.939. The van der Waals surface area contributed by atoms with Gasteiger partial charge in [-0.15, -0.1) is 0 Å². The third-order valence-electron chi connectivity index (χ3n) is 1.85. The van der Waals surface area contributed by atoms with E-state index in [0.717, 1.165) is 5.56 Å². The highest BCUT2D eigenvalue weighted by atomic mass is 32.1. The normalized spacial score (nSPS) is 9.65. The number of rotatable bonds is 5. The fourth-order valence-corrected chi connectivity index (χ4v) is 1.70. The molecule has 0 saturated carbocycles. The van der Waals surface area contributed by atoms with Crippen molar-refractivity contribution in [3.63, 3.8) is 0 Å². The molecule has 1 rings (SSSR count). The molecule has 17 heavy (non-hydrogen) atoms. The molecule has 0 atom stereocenters. The van der Waals surface area contributed by atoms with Crippen molar-refractivity contribution in [2.24, 2.45) is 0 Å². The Morgan fingerprint density at radius 1 is 1.29 bits per heavy atom. The van der Waals surface area contributed by atoms with Crippen molar-refractivity contribution in [1.29, 1.82) is 0 Å². The van der Waals surface area contributed by atoms with E-state index in [4.69, 9.17) is 5.11 Å². The average molecular weight is 256 g/mol. The monoisotopic (exact) mass is 256 g/mol. The molecule has 1 heterocycles. The van der Waals surface area contributed by atoms with E-state index in [0.29, 0.717) is 6.54 Å². The lowest BCUT2D eigenvalue weighted by Gasteiger charge is -2.04. The van der Waals surface area contributed by atoms with Crippen molar-refractivity contribution in [2.75, 3.05) is 0 Å². The van der Waals surface area contributed by atoms with Crippen LogP contribution in [0.5, 0.6) is 0 Å². The van der Waals surface area contributed by atoms with Gasteiger partial charge in [-0.05, 0) is 22.4 Å². The summed E-state index contributed by atoms with van der Waals surface area (Å²) in [6.45, 7) is 0.335. The smallest absolute Gasteiger partial charge is 0.321 e. The number of carbonyl (C=O) groups is 3. The van der Waals surface area contributed by atoms with Crippen LogP contribution in [0, 0.1) is 0 Å². The molecule has 0 radical (unpaired) electrons. The Bertz CT molecular complexity index is 402. The van der Waals surface area contributed by atoms with Crippen LogP contribution in [0.15, 0.2) is 16.8 Å². The van der Waals surface area contributed by atoms with Gasteiger partial charge < -0.3 is 10.4 Å². The summed E-state index contributed by atoms with van der Waals surface area (Å²) in [5, 5.41) is 16.6. The Morgan fingerprint density at radius 2 is 2.06 bits per heavy atom. The number of thiophene rings is 1. The van der Waals surface area contributed by atoms with Crippen LogP contribution >= 0.6 is 11.3 Å². The Labute approximate surface area is 102 Å². The second-order valence-electron chi connectivity index (χ2n) is 3.26. The van der Waals surface area contributed by atoms with Crippen LogP contribution in [0.4, 0.5) is 4.79 Å². The van der Waals surface area contributed by atoms with Crippen LogP contribution in [0.2, 0.25) is 0 Å². The SMILES string of the molecule is O=C(O)CCC(=O)NC(=O)NCc1ccsc1. The maximum Gasteiger partial charge on any atom is 0.321 e. The molecule has 0 saturated heterocycles. The molecule has 3 N–H and O–H groups in total. The van der Waals surface area contributed by atoms with Crippen LogP contribution < -0.4 is 10.6 Å². The number of nitrogens with one attached hydrogen (secondary N) is 2. The van der Waals surface area contributed by atoms with Gasteiger partial charge in [0.1, 0.15) is 0 Å². The van der Waals surface area contributed by atoms with E-state index >= 15 is 0 Å². The van der Waals surface area contributed by atoms with Crippen LogP contribution in [0.25, 0.3) is 0 Å². The van der Waals surface area contributed by atoms with E-state index in [1.54, 1.807) is 0 Å². The highest BCUT2D eigenvalue weighted by molar-refractivity contribution is 7.07. The largest absolute Gasteiger partial charge is 0.481 e. The Hall–Kier alpha value is -1.89. The molecule has 92 valence electrons. The molecule has 0 aromatic carbocycles. The van der Waals surface area contributed by atoms with Gasteiger partial charge in [-0.1, -0.05) is 0 Å². The fourth-order valence-electron chi connectivity index (χ4n) is 1.03. The first-order valence-corrected chi connectivity index (χ1v) is 5.83. The number of aliphatic carboxylic acids is 1. The summed E-state index contributed by atoms with van der Waals surface area (Å²) in [7, 11) is 0. The van der Waals surface area contributed by atoms with Crippen molar-refractivity contribution in [3.05, 3.63) is 22.4 Å².